The Morgan fingerprint density at radius 1 is 0.955 bits per heavy atom. The second-order valence-electron chi connectivity index (χ2n) is 5.76. The molecule has 0 amide bonds. The number of rotatable bonds is 7. The van der Waals surface area contributed by atoms with Crippen LogP contribution in [0.4, 0.5) is 0 Å². The first-order valence-corrected chi connectivity index (χ1v) is 7.54. The third-order valence-electron chi connectivity index (χ3n) is 3.62. The Morgan fingerprint density at radius 2 is 1.77 bits per heavy atom. The molecule has 0 saturated heterocycles. The Morgan fingerprint density at radius 3 is 2.50 bits per heavy atom. The molecule has 4 N–H and O–H groups in total. The van der Waals surface area contributed by atoms with Gasteiger partial charge in [-0.25, -0.2) is 0 Å². The Balaban J connectivity index is 1.70. The van der Waals surface area contributed by atoms with E-state index in [2.05, 4.69) is 12.2 Å². The highest BCUT2D eigenvalue weighted by Gasteiger charge is 2.05. The fraction of sp³-hybridized carbons (Fsp3) is 0.333. The standard InChI is InChI=1S/C18H23NO3/c1-13(9-15-3-2-4-16(20)10-15)12-19-8-7-14-5-6-17(21)18(22)11-14/h2-6,10-11,13,19-22H,7-9,12H2,1H3/t13-/m1/s1. The van der Waals surface area contributed by atoms with Gasteiger partial charge in [0.15, 0.2) is 11.5 Å². The summed E-state index contributed by atoms with van der Waals surface area (Å²) in [6.07, 6.45) is 1.72. The van der Waals surface area contributed by atoms with Crippen LogP contribution in [0.2, 0.25) is 0 Å². The number of hydrogen-bond donors (Lipinski definition) is 4. The molecule has 0 spiro atoms. The molecule has 4 heteroatoms. The Bertz CT molecular complexity index is 613. The highest BCUT2D eigenvalue weighted by atomic mass is 16.3. The van der Waals surface area contributed by atoms with Crippen LogP contribution >= 0.6 is 0 Å². The second kappa shape index (κ2) is 7.71. The molecule has 4 nitrogen and oxygen atoms in total. The van der Waals surface area contributed by atoms with Gasteiger partial charge in [0.2, 0.25) is 0 Å². The summed E-state index contributed by atoms with van der Waals surface area (Å²) in [5.41, 5.74) is 2.13. The Kier molecular flexibility index (Phi) is 5.67. The molecule has 0 fully saturated rings. The maximum absolute atomic E-state index is 9.45. The number of aromatic hydroxyl groups is 3. The van der Waals surface area contributed by atoms with E-state index in [0.29, 0.717) is 11.7 Å². The van der Waals surface area contributed by atoms with Crippen molar-refractivity contribution in [3.63, 3.8) is 0 Å². The number of benzene rings is 2. The van der Waals surface area contributed by atoms with Gasteiger partial charge < -0.3 is 20.6 Å². The number of nitrogens with one attached hydrogen (secondary N) is 1. The van der Waals surface area contributed by atoms with Crippen molar-refractivity contribution in [2.75, 3.05) is 13.1 Å². The summed E-state index contributed by atoms with van der Waals surface area (Å²) < 4.78 is 0. The summed E-state index contributed by atoms with van der Waals surface area (Å²) in [4.78, 5) is 0. The van der Waals surface area contributed by atoms with Crippen LogP contribution in [-0.4, -0.2) is 28.4 Å². The molecule has 0 heterocycles. The highest BCUT2D eigenvalue weighted by Crippen LogP contribution is 2.24. The van der Waals surface area contributed by atoms with Gasteiger partial charge in [-0.15, -0.1) is 0 Å². The van der Waals surface area contributed by atoms with Gasteiger partial charge in [-0.05, 0) is 67.2 Å². The molecule has 0 bridgehead atoms. The van der Waals surface area contributed by atoms with E-state index in [1.54, 1.807) is 18.2 Å². The van der Waals surface area contributed by atoms with E-state index in [9.17, 15) is 15.3 Å². The summed E-state index contributed by atoms with van der Waals surface area (Å²) in [5, 5.41) is 31.6. The lowest BCUT2D eigenvalue weighted by Gasteiger charge is -2.13. The molecular formula is C18H23NO3. The number of hydrogen-bond acceptors (Lipinski definition) is 4. The van der Waals surface area contributed by atoms with Crippen molar-refractivity contribution < 1.29 is 15.3 Å². The predicted octanol–water partition coefficient (Wildman–Crippen LogP) is 2.81. The van der Waals surface area contributed by atoms with Gasteiger partial charge >= 0.3 is 0 Å². The van der Waals surface area contributed by atoms with E-state index < -0.39 is 0 Å². The topological polar surface area (TPSA) is 72.7 Å². The molecule has 0 saturated carbocycles. The van der Waals surface area contributed by atoms with Crippen LogP contribution in [0.1, 0.15) is 18.1 Å². The third kappa shape index (κ3) is 4.97. The average molecular weight is 301 g/mol. The van der Waals surface area contributed by atoms with Crippen LogP contribution in [0.3, 0.4) is 0 Å². The molecule has 2 aromatic rings. The van der Waals surface area contributed by atoms with E-state index >= 15 is 0 Å². The zero-order chi connectivity index (χ0) is 15.9. The first kappa shape index (κ1) is 16.2. The van der Waals surface area contributed by atoms with Gasteiger partial charge in [-0.1, -0.05) is 25.1 Å². The van der Waals surface area contributed by atoms with E-state index in [4.69, 9.17) is 0 Å². The fourth-order valence-corrected chi connectivity index (χ4v) is 2.46. The normalized spacial score (nSPS) is 12.2. The van der Waals surface area contributed by atoms with Gasteiger partial charge in [-0.2, -0.15) is 0 Å². The second-order valence-corrected chi connectivity index (χ2v) is 5.76. The largest absolute Gasteiger partial charge is 0.508 e. The minimum absolute atomic E-state index is 0.0743. The molecule has 0 aromatic heterocycles. The van der Waals surface area contributed by atoms with Crippen LogP contribution in [0, 0.1) is 5.92 Å². The molecule has 0 aliphatic rings. The highest BCUT2D eigenvalue weighted by molar-refractivity contribution is 5.40. The van der Waals surface area contributed by atoms with E-state index in [0.717, 1.165) is 37.1 Å². The van der Waals surface area contributed by atoms with Gasteiger partial charge in [0, 0.05) is 0 Å². The molecule has 2 rings (SSSR count). The van der Waals surface area contributed by atoms with Gasteiger partial charge in [0.1, 0.15) is 5.75 Å². The van der Waals surface area contributed by atoms with E-state index in [1.165, 1.54) is 6.07 Å². The van der Waals surface area contributed by atoms with Gasteiger partial charge in [0.05, 0.1) is 0 Å². The molecular weight excluding hydrogens is 278 g/mol. The van der Waals surface area contributed by atoms with Crippen molar-refractivity contribution in [3.8, 4) is 17.2 Å². The molecule has 0 radical (unpaired) electrons. The zero-order valence-electron chi connectivity index (χ0n) is 12.8. The number of phenols is 3. The van der Waals surface area contributed by atoms with Crippen molar-refractivity contribution in [2.24, 2.45) is 5.92 Å². The summed E-state index contributed by atoms with van der Waals surface area (Å²) in [6, 6.07) is 12.3. The van der Waals surface area contributed by atoms with Crippen LogP contribution in [0.5, 0.6) is 17.2 Å². The first-order chi connectivity index (χ1) is 10.5. The van der Waals surface area contributed by atoms with Crippen molar-refractivity contribution in [2.45, 2.75) is 19.8 Å². The monoisotopic (exact) mass is 301 g/mol. The van der Waals surface area contributed by atoms with Gasteiger partial charge in [-0.3, -0.25) is 0 Å². The smallest absolute Gasteiger partial charge is 0.157 e. The lowest BCUT2D eigenvalue weighted by Crippen LogP contribution is -2.24. The van der Waals surface area contributed by atoms with Crippen molar-refractivity contribution in [3.05, 3.63) is 53.6 Å². The molecule has 0 aliphatic carbocycles. The van der Waals surface area contributed by atoms with Crippen LogP contribution in [0.25, 0.3) is 0 Å². The predicted molar refractivity (Wildman–Crippen MR) is 87.3 cm³/mol. The van der Waals surface area contributed by atoms with Crippen molar-refractivity contribution in [1.82, 2.24) is 5.32 Å². The SMILES string of the molecule is C[C@@H](CNCCc1ccc(O)c(O)c1)Cc1cccc(O)c1. The molecule has 2 aromatic carbocycles. The minimum atomic E-state index is -0.0866. The summed E-state index contributed by atoms with van der Waals surface area (Å²) >= 11 is 0. The van der Waals surface area contributed by atoms with Gasteiger partial charge in [0.25, 0.3) is 0 Å². The maximum atomic E-state index is 9.45. The first-order valence-electron chi connectivity index (χ1n) is 7.54. The van der Waals surface area contributed by atoms with Crippen LogP contribution in [-0.2, 0) is 12.8 Å². The number of phenolic OH excluding ortho intramolecular Hbond substituents is 3. The minimum Gasteiger partial charge on any atom is -0.508 e. The fourth-order valence-electron chi connectivity index (χ4n) is 2.46. The van der Waals surface area contributed by atoms with E-state index in [1.807, 2.05) is 18.2 Å². The van der Waals surface area contributed by atoms with Crippen LogP contribution < -0.4 is 5.32 Å². The molecule has 22 heavy (non-hydrogen) atoms. The average Bonchev–Trinajstić information content (AvgIpc) is 2.47. The quantitative estimate of drug-likeness (QED) is 0.469. The maximum Gasteiger partial charge on any atom is 0.157 e. The lowest BCUT2D eigenvalue weighted by molar-refractivity contribution is 0.403. The molecule has 118 valence electrons. The Hall–Kier alpha value is -2.20. The Labute approximate surface area is 131 Å². The zero-order valence-corrected chi connectivity index (χ0v) is 12.8. The molecule has 1 atom stereocenters. The van der Waals surface area contributed by atoms with E-state index in [-0.39, 0.29) is 11.5 Å². The summed E-state index contributed by atoms with van der Waals surface area (Å²) in [6.45, 7) is 3.87. The van der Waals surface area contributed by atoms with Crippen molar-refractivity contribution in [1.29, 1.82) is 0 Å². The van der Waals surface area contributed by atoms with Crippen LogP contribution in [0.15, 0.2) is 42.5 Å². The third-order valence-corrected chi connectivity index (χ3v) is 3.62. The molecule has 0 aliphatic heterocycles. The van der Waals surface area contributed by atoms with Crippen molar-refractivity contribution >= 4 is 0 Å². The lowest BCUT2D eigenvalue weighted by atomic mass is 10.0. The summed E-state index contributed by atoms with van der Waals surface area (Å²) in [7, 11) is 0. The molecule has 0 unspecified atom stereocenters. The summed E-state index contributed by atoms with van der Waals surface area (Å²) in [5.74, 6) is 0.617.